The van der Waals surface area contributed by atoms with Crippen LogP contribution in [0.3, 0.4) is 0 Å². The molecule has 1 aromatic heterocycles. The predicted octanol–water partition coefficient (Wildman–Crippen LogP) is 1.99. The molecule has 2 rings (SSSR count). The lowest BCUT2D eigenvalue weighted by molar-refractivity contribution is 0.286. The highest BCUT2D eigenvalue weighted by molar-refractivity contribution is 5.28. The van der Waals surface area contributed by atoms with Crippen LogP contribution in [0, 0.1) is 0 Å². The lowest BCUT2D eigenvalue weighted by Gasteiger charge is -2.08. The van der Waals surface area contributed by atoms with E-state index < -0.39 is 0 Å². The summed E-state index contributed by atoms with van der Waals surface area (Å²) in [5.74, 6) is 1.72. The van der Waals surface area contributed by atoms with Gasteiger partial charge in [-0.05, 0) is 31.2 Å². The van der Waals surface area contributed by atoms with Gasteiger partial charge >= 0.3 is 0 Å². The topological polar surface area (TPSA) is 52.0 Å². The van der Waals surface area contributed by atoms with Crippen LogP contribution in [0.5, 0.6) is 5.75 Å². The molecule has 102 valence electrons. The van der Waals surface area contributed by atoms with Crippen LogP contribution in [0.25, 0.3) is 0 Å². The smallest absolute Gasteiger partial charge is 0.164 e. The SMILES string of the molecule is CCCn1ncnc1COc1cccc(CNC)c1. The third-order valence-corrected chi connectivity index (χ3v) is 2.78. The van der Waals surface area contributed by atoms with Gasteiger partial charge < -0.3 is 10.1 Å². The van der Waals surface area contributed by atoms with Gasteiger partial charge in [-0.15, -0.1) is 0 Å². The normalized spacial score (nSPS) is 10.6. The van der Waals surface area contributed by atoms with Crippen LogP contribution in [0.1, 0.15) is 24.7 Å². The van der Waals surface area contributed by atoms with Gasteiger partial charge in [0.05, 0.1) is 0 Å². The van der Waals surface area contributed by atoms with Gasteiger partial charge in [0.15, 0.2) is 5.82 Å². The monoisotopic (exact) mass is 260 g/mol. The summed E-state index contributed by atoms with van der Waals surface area (Å²) in [6.07, 6.45) is 2.61. The van der Waals surface area contributed by atoms with E-state index in [0.29, 0.717) is 6.61 Å². The second kappa shape index (κ2) is 6.89. The van der Waals surface area contributed by atoms with E-state index >= 15 is 0 Å². The van der Waals surface area contributed by atoms with Crippen molar-refractivity contribution in [1.82, 2.24) is 20.1 Å². The van der Waals surface area contributed by atoms with Crippen LogP contribution in [0.2, 0.25) is 0 Å². The summed E-state index contributed by atoms with van der Waals surface area (Å²) < 4.78 is 7.66. The molecule has 5 nitrogen and oxygen atoms in total. The van der Waals surface area contributed by atoms with Crippen LogP contribution < -0.4 is 10.1 Å². The van der Waals surface area contributed by atoms with E-state index in [2.05, 4.69) is 28.4 Å². The summed E-state index contributed by atoms with van der Waals surface area (Å²) in [5.41, 5.74) is 1.20. The summed E-state index contributed by atoms with van der Waals surface area (Å²) in [6.45, 7) is 4.28. The minimum Gasteiger partial charge on any atom is -0.486 e. The van der Waals surface area contributed by atoms with Gasteiger partial charge in [-0.25, -0.2) is 9.67 Å². The Hall–Kier alpha value is -1.88. The van der Waals surface area contributed by atoms with Crippen molar-refractivity contribution in [3.8, 4) is 5.75 Å². The lowest BCUT2D eigenvalue weighted by atomic mass is 10.2. The zero-order chi connectivity index (χ0) is 13.5. The highest BCUT2D eigenvalue weighted by Crippen LogP contribution is 2.14. The first-order chi connectivity index (χ1) is 9.33. The maximum atomic E-state index is 5.77. The average molecular weight is 260 g/mol. The van der Waals surface area contributed by atoms with E-state index in [0.717, 1.165) is 31.1 Å². The lowest BCUT2D eigenvalue weighted by Crippen LogP contribution is -2.09. The molecule has 0 aliphatic rings. The molecule has 19 heavy (non-hydrogen) atoms. The largest absolute Gasteiger partial charge is 0.486 e. The minimum atomic E-state index is 0.447. The van der Waals surface area contributed by atoms with Gasteiger partial charge in [-0.2, -0.15) is 5.10 Å². The fraction of sp³-hybridized carbons (Fsp3) is 0.429. The van der Waals surface area contributed by atoms with Crippen LogP contribution in [0.4, 0.5) is 0 Å². The minimum absolute atomic E-state index is 0.447. The first-order valence-corrected chi connectivity index (χ1v) is 6.56. The van der Waals surface area contributed by atoms with E-state index in [1.165, 1.54) is 5.56 Å². The van der Waals surface area contributed by atoms with Gasteiger partial charge in [-0.1, -0.05) is 19.1 Å². The van der Waals surface area contributed by atoms with Crippen LogP contribution in [-0.2, 0) is 19.7 Å². The van der Waals surface area contributed by atoms with E-state index in [9.17, 15) is 0 Å². The molecule has 0 saturated heterocycles. The molecule has 5 heteroatoms. The summed E-state index contributed by atoms with van der Waals surface area (Å²) >= 11 is 0. The molecule has 0 aliphatic heterocycles. The summed E-state index contributed by atoms with van der Waals surface area (Å²) in [4.78, 5) is 4.22. The Labute approximate surface area is 113 Å². The fourth-order valence-corrected chi connectivity index (χ4v) is 1.90. The number of aromatic nitrogens is 3. The summed E-state index contributed by atoms with van der Waals surface area (Å²) in [6, 6.07) is 8.07. The van der Waals surface area contributed by atoms with E-state index in [1.54, 1.807) is 6.33 Å². The molecule has 1 heterocycles. The first-order valence-electron chi connectivity index (χ1n) is 6.56. The molecule has 1 N–H and O–H groups in total. The van der Waals surface area contributed by atoms with Crippen molar-refractivity contribution >= 4 is 0 Å². The number of rotatable bonds is 7. The number of aryl methyl sites for hydroxylation is 1. The zero-order valence-corrected chi connectivity index (χ0v) is 11.5. The van der Waals surface area contributed by atoms with Crippen LogP contribution in [-0.4, -0.2) is 21.8 Å². The second-order valence-corrected chi connectivity index (χ2v) is 4.37. The number of benzene rings is 1. The van der Waals surface area contributed by atoms with E-state index in [4.69, 9.17) is 4.74 Å². The molecule has 2 aromatic rings. The number of hydrogen-bond donors (Lipinski definition) is 1. The standard InChI is InChI=1S/C14H20N4O/c1-3-7-18-14(16-11-17-18)10-19-13-6-4-5-12(8-13)9-15-2/h4-6,8,11,15H,3,7,9-10H2,1-2H3. The van der Waals surface area contributed by atoms with Crippen molar-refractivity contribution in [1.29, 1.82) is 0 Å². The van der Waals surface area contributed by atoms with Crippen molar-refractivity contribution in [3.63, 3.8) is 0 Å². The molecular formula is C14H20N4O. The van der Waals surface area contributed by atoms with Crippen LogP contribution >= 0.6 is 0 Å². The molecule has 0 amide bonds. The van der Waals surface area contributed by atoms with Crippen molar-refractivity contribution in [3.05, 3.63) is 42.0 Å². The van der Waals surface area contributed by atoms with Crippen molar-refractivity contribution in [2.24, 2.45) is 0 Å². The predicted molar refractivity (Wildman–Crippen MR) is 73.9 cm³/mol. The van der Waals surface area contributed by atoms with Crippen LogP contribution in [0.15, 0.2) is 30.6 Å². The quantitative estimate of drug-likeness (QED) is 0.827. The molecule has 0 atom stereocenters. The molecule has 0 bridgehead atoms. The van der Waals surface area contributed by atoms with Gasteiger partial charge in [0, 0.05) is 13.1 Å². The first kappa shape index (κ1) is 13.5. The van der Waals surface area contributed by atoms with Gasteiger partial charge in [0.2, 0.25) is 0 Å². The van der Waals surface area contributed by atoms with Gasteiger partial charge in [0.25, 0.3) is 0 Å². The molecule has 0 unspecified atom stereocenters. The van der Waals surface area contributed by atoms with Crippen molar-refractivity contribution in [2.45, 2.75) is 33.0 Å². The number of hydrogen-bond acceptors (Lipinski definition) is 4. The molecular weight excluding hydrogens is 240 g/mol. The fourth-order valence-electron chi connectivity index (χ4n) is 1.90. The van der Waals surface area contributed by atoms with Gasteiger partial charge in [-0.3, -0.25) is 0 Å². The number of nitrogens with one attached hydrogen (secondary N) is 1. The third-order valence-electron chi connectivity index (χ3n) is 2.78. The number of nitrogens with zero attached hydrogens (tertiary/aromatic N) is 3. The number of ether oxygens (including phenoxy) is 1. The maximum absolute atomic E-state index is 5.77. The Morgan fingerprint density at radius 2 is 2.26 bits per heavy atom. The summed E-state index contributed by atoms with van der Waals surface area (Å²) in [5, 5.41) is 7.31. The average Bonchev–Trinajstić information content (AvgIpc) is 2.85. The Morgan fingerprint density at radius 3 is 3.05 bits per heavy atom. The molecule has 0 spiro atoms. The van der Waals surface area contributed by atoms with Crippen molar-refractivity contribution in [2.75, 3.05) is 7.05 Å². The third kappa shape index (κ3) is 3.79. The molecule has 0 aliphatic carbocycles. The Morgan fingerprint density at radius 1 is 1.37 bits per heavy atom. The van der Waals surface area contributed by atoms with E-state index in [-0.39, 0.29) is 0 Å². The maximum Gasteiger partial charge on any atom is 0.164 e. The Balaban J connectivity index is 1.97. The molecule has 0 saturated carbocycles. The second-order valence-electron chi connectivity index (χ2n) is 4.37. The highest BCUT2D eigenvalue weighted by atomic mass is 16.5. The molecule has 0 radical (unpaired) electrons. The van der Waals surface area contributed by atoms with E-state index in [1.807, 2.05) is 29.9 Å². The van der Waals surface area contributed by atoms with Crippen molar-refractivity contribution < 1.29 is 4.74 Å². The molecule has 0 fully saturated rings. The highest BCUT2D eigenvalue weighted by Gasteiger charge is 2.04. The Kier molecular flexibility index (Phi) is 4.92. The zero-order valence-electron chi connectivity index (χ0n) is 11.5. The Bertz CT molecular complexity index is 510. The van der Waals surface area contributed by atoms with Gasteiger partial charge in [0.1, 0.15) is 18.7 Å². The summed E-state index contributed by atoms with van der Waals surface area (Å²) in [7, 11) is 1.93. The molecule has 1 aromatic carbocycles.